The molecule has 0 aromatic heterocycles. The van der Waals surface area contributed by atoms with E-state index in [0.717, 1.165) is 5.56 Å². The second-order valence-corrected chi connectivity index (χ2v) is 2.92. The lowest BCUT2D eigenvalue weighted by Gasteiger charge is -2.04. The molecule has 0 amide bonds. The molecule has 0 saturated heterocycles. The van der Waals surface area contributed by atoms with Crippen LogP contribution in [0.2, 0.25) is 0 Å². The molecule has 1 N–H and O–H groups in total. The second-order valence-electron chi connectivity index (χ2n) is 2.44. The van der Waals surface area contributed by atoms with Crippen LogP contribution in [-0.2, 0) is 0 Å². The van der Waals surface area contributed by atoms with Gasteiger partial charge < -0.3 is 5.11 Å². The third-order valence-corrected chi connectivity index (χ3v) is 1.66. The predicted molar refractivity (Wildman–Crippen MR) is 45.1 cm³/mol. The lowest BCUT2D eigenvalue weighted by Crippen LogP contribution is -1.90. The molecule has 0 aliphatic rings. The Kier molecular flexibility index (Phi) is 2.52. The van der Waals surface area contributed by atoms with E-state index < -0.39 is 5.44 Å². The highest BCUT2D eigenvalue weighted by atomic mass is 32.1. The SMILES string of the molecule is Cc1cc(F)cc(C(O)S)c1. The Morgan fingerprint density at radius 3 is 2.55 bits per heavy atom. The maximum Gasteiger partial charge on any atom is 0.123 e. The van der Waals surface area contributed by atoms with Gasteiger partial charge >= 0.3 is 0 Å². The maximum atomic E-state index is 12.6. The van der Waals surface area contributed by atoms with Crippen molar-refractivity contribution in [2.24, 2.45) is 0 Å². The van der Waals surface area contributed by atoms with E-state index in [1.54, 1.807) is 13.0 Å². The summed E-state index contributed by atoms with van der Waals surface area (Å²) in [4.78, 5) is 0. The first-order valence-corrected chi connectivity index (χ1v) is 3.74. The van der Waals surface area contributed by atoms with Gasteiger partial charge in [-0.05, 0) is 30.2 Å². The van der Waals surface area contributed by atoms with Crippen LogP contribution < -0.4 is 0 Å². The van der Waals surface area contributed by atoms with Crippen molar-refractivity contribution in [3.63, 3.8) is 0 Å². The molecule has 60 valence electrons. The van der Waals surface area contributed by atoms with Crippen LogP contribution in [0.5, 0.6) is 0 Å². The number of thiol groups is 1. The van der Waals surface area contributed by atoms with Crippen LogP contribution in [0, 0.1) is 12.7 Å². The monoisotopic (exact) mass is 172 g/mol. The number of benzene rings is 1. The van der Waals surface area contributed by atoms with E-state index in [9.17, 15) is 4.39 Å². The van der Waals surface area contributed by atoms with Gasteiger partial charge in [0.05, 0.1) is 0 Å². The first kappa shape index (κ1) is 8.56. The lowest BCUT2D eigenvalue weighted by atomic mass is 10.1. The minimum Gasteiger partial charge on any atom is -0.378 e. The van der Waals surface area contributed by atoms with Crippen LogP contribution in [0.1, 0.15) is 16.6 Å². The summed E-state index contributed by atoms with van der Waals surface area (Å²) in [5.41, 5.74) is 0.378. The van der Waals surface area contributed by atoms with E-state index in [4.69, 9.17) is 5.11 Å². The van der Waals surface area contributed by atoms with Crippen molar-refractivity contribution in [1.82, 2.24) is 0 Å². The van der Waals surface area contributed by atoms with Crippen LogP contribution in [0.15, 0.2) is 18.2 Å². The largest absolute Gasteiger partial charge is 0.378 e. The van der Waals surface area contributed by atoms with Crippen LogP contribution in [0.4, 0.5) is 4.39 Å². The van der Waals surface area contributed by atoms with E-state index >= 15 is 0 Å². The van der Waals surface area contributed by atoms with Crippen LogP contribution in [0.3, 0.4) is 0 Å². The summed E-state index contributed by atoms with van der Waals surface area (Å²) < 4.78 is 12.6. The van der Waals surface area contributed by atoms with E-state index in [-0.39, 0.29) is 5.82 Å². The predicted octanol–water partition coefficient (Wildman–Crippen LogP) is 2.05. The summed E-state index contributed by atoms with van der Waals surface area (Å²) in [6.07, 6.45) is 0. The van der Waals surface area contributed by atoms with Crippen molar-refractivity contribution in [2.45, 2.75) is 12.4 Å². The summed E-state index contributed by atoms with van der Waals surface area (Å²) in [7, 11) is 0. The van der Waals surface area contributed by atoms with Gasteiger partial charge in [-0.15, -0.1) is 12.6 Å². The van der Waals surface area contributed by atoms with Crippen LogP contribution in [-0.4, -0.2) is 5.11 Å². The minimum atomic E-state index is -0.899. The van der Waals surface area contributed by atoms with Gasteiger partial charge in [-0.2, -0.15) is 0 Å². The number of aliphatic hydroxyl groups is 1. The van der Waals surface area contributed by atoms with E-state index in [0.29, 0.717) is 5.56 Å². The fourth-order valence-electron chi connectivity index (χ4n) is 0.914. The normalized spacial score (nSPS) is 13.1. The van der Waals surface area contributed by atoms with Crippen molar-refractivity contribution in [3.8, 4) is 0 Å². The van der Waals surface area contributed by atoms with Gasteiger partial charge in [0.2, 0.25) is 0 Å². The number of aliphatic hydroxyl groups excluding tert-OH is 1. The second kappa shape index (κ2) is 3.24. The molecule has 0 radical (unpaired) electrons. The van der Waals surface area contributed by atoms with Gasteiger partial charge in [0.15, 0.2) is 0 Å². The number of hydrogen-bond donors (Lipinski definition) is 2. The van der Waals surface area contributed by atoms with Crippen molar-refractivity contribution in [1.29, 1.82) is 0 Å². The highest BCUT2D eigenvalue weighted by molar-refractivity contribution is 7.80. The van der Waals surface area contributed by atoms with Crippen LogP contribution >= 0.6 is 12.6 Å². The standard InChI is InChI=1S/C8H9FOS/c1-5-2-6(8(10)11)4-7(9)3-5/h2-4,8,10-11H,1H3. The smallest absolute Gasteiger partial charge is 0.123 e. The Morgan fingerprint density at radius 1 is 1.45 bits per heavy atom. The Balaban J connectivity index is 3.08. The Labute approximate surface area is 70.3 Å². The number of halogens is 1. The van der Waals surface area contributed by atoms with Crippen LogP contribution in [0.25, 0.3) is 0 Å². The molecule has 1 aromatic carbocycles. The molecule has 1 nitrogen and oxygen atoms in total. The highest BCUT2D eigenvalue weighted by Crippen LogP contribution is 2.18. The number of hydrogen-bond acceptors (Lipinski definition) is 2. The number of rotatable bonds is 1. The van der Waals surface area contributed by atoms with Gasteiger partial charge in [-0.25, -0.2) is 4.39 Å². The summed E-state index contributed by atoms with van der Waals surface area (Å²) in [6.45, 7) is 1.77. The average Bonchev–Trinajstić information content (AvgIpc) is 1.85. The molecular weight excluding hydrogens is 163 g/mol. The van der Waals surface area contributed by atoms with Gasteiger partial charge in [0, 0.05) is 0 Å². The molecule has 3 heteroatoms. The molecular formula is C8H9FOS. The summed E-state index contributed by atoms with van der Waals surface area (Å²) in [5, 5.41) is 8.97. The topological polar surface area (TPSA) is 20.2 Å². The molecule has 1 rings (SSSR count). The summed E-state index contributed by atoms with van der Waals surface area (Å²) in [6, 6.07) is 4.37. The van der Waals surface area contributed by atoms with Crippen molar-refractivity contribution in [3.05, 3.63) is 35.1 Å². The molecule has 0 bridgehead atoms. The molecule has 0 aliphatic carbocycles. The van der Waals surface area contributed by atoms with Gasteiger partial charge in [-0.1, -0.05) is 6.07 Å². The van der Waals surface area contributed by atoms with Crippen molar-refractivity contribution < 1.29 is 9.50 Å². The molecule has 0 spiro atoms. The molecule has 1 aromatic rings. The van der Waals surface area contributed by atoms with Gasteiger partial charge in [0.25, 0.3) is 0 Å². The van der Waals surface area contributed by atoms with E-state index in [2.05, 4.69) is 12.6 Å². The zero-order valence-electron chi connectivity index (χ0n) is 6.08. The molecule has 0 fully saturated rings. The fraction of sp³-hybridized carbons (Fsp3) is 0.250. The molecule has 0 heterocycles. The van der Waals surface area contributed by atoms with Gasteiger partial charge in [-0.3, -0.25) is 0 Å². The van der Waals surface area contributed by atoms with Gasteiger partial charge in [0.1, 0.15) is 11.3 Å². The van der Waals surface area contributed by atoms with E-state index in [1.807, 2.05) is 0 Å². The first-order chi connectivity index (χ1) is 5.09. The summed E-state index contributed by atoms with van der Waals surface area (Å²) in [5.74, 6) is -0.340. The zero-order chi connectivity index (χ0) is 8.43. The fourth-order valence-corrected chi connectivity index (χ4v) is 1.06. The quantitative estimate of drug-likeness (QED) is 0.490. The Morgan fingerprint density at radius 2 is 2.09 bits per heavy atom. The first-order valence-electron chi connectivity index (χ1n) is 3.23. The molecule has 1 unspecified atom stereocenters. The zero-order valence-corrected chi connectivity index (χ0v) is 6.98. The van der Waals surface area contributed by atoms with E-state index in [1.165, 1.54) is 12.1 Å². The molecule has 0 aliphatic heterocycles. The lowest BCUT2D eigenvalue weighted by molar-refractivity contribution is 0.272. The molecule has 1 atom stereocenters. The number of aryl methyl sites for hydroxylation is 1. The van der Waals surface area contributed by atoms with Crippen molar-refractivity contribution in [2.75, 3.05) is 0 Å². The third kappa shape index (κ3) is 2.20. The highest BCUT2D eigenvalue weighted by Gasteiger charge is 2.03. The maximum absolute atomic E-state index is 12.6. The van der Waals surface area contributed by atoms with Crippen molar-refractivity contribution >= 4 is 12.6 Å². The molecule has 0 saturated carbocycles. The Hall–Kier alpha value is -0.540. The summed E-state index contributed by atoms with van der Waals surface area (Å²) >= 11 is 3.77. The Bertz CT molecular complexity index is 240. The average molecular weight is 172 g/mol. The minimum absolute atomic E-state index is 0.340. The molecule has 11 heavy (non-hydrogen) atoms. The third-order valence-electron chi connectivity index (χ3n) is 1.36.